The summed E-state index contributed by atoms with van der Waals surface area (Å²) in [6.45, 7) is 8.29. The van der Waals surface area contributed by atoms with Crippen molar-refractivity contribution in [2.24, 2.45) is 11.7 Å². The predicted octanol–water partition coefficient (Wildman–Crippen LogP) is 2.48. The minimum Gasteiger partial charge on any atom is -0.482 e. The first-order valence-electron chi connectivity index (χ1n) is 6.76. The molecular weight excluding hydrogens is 240 g/mol. The summed E-state index contributed by atoms with van der Waals surface area (Å²) in [6.07, 6.45) is 0. The highest BCUT2D eigenvalue weighted by atomic mass is 16.5. The summed E-state index contributed by atoms with van der Waals surface area (Å²) in [7, 11) is 0. The molecule has 104 valence electrons. The van der Waals surface area contributed by atoms with Crippen LogP contribution in [-0.4, -0.2) is 18.6 Å². The lowest BCUT2D eigenvalue weighted by Gasteiger charge is -2.33. The summed E-state index contributed by atoms with van der Waals surface area (Å²) in [5, 5.41) is 0. The van der Waals surface area contributed by atoms with Crippen LogP contribution in [-0.2, 0) is 4.79 Å². The summed E-state index contributed by atoms with van der Waals surface area (Å²) < 4.78 is 5.48. The minimum atomic E-state index is -0.0312. The minimum absolute atomic E-state index is 0.00207. The molecule has 1 aliphatic heterocycles. The Labute approximate surface area is 114 Å². The van der Waals surface area contributed by atoms with Gasteiger partial charge in [-0.2, -0.15) is 0 Å². The van der Waals surface area contributed by atoms with E-state index in [2.05, 4.69) is 13.8 Å². The monoisotopic (exact) mass is 262 g/mol. The largest absolute Gasteiger partial charge is 0.482 e. The number of nitrogens with two attached hydrogens (primary N) is 1. The molecule has 1 aliphatic rings. The molecule has 4 heteroatoms. The average molecular weight is 262 g/mol. The Balaban J connectivity index is 2.44. The smallest absolute Gasteiger partial charge is 0.265 e. The molecule has 0 radical (unpaired) electrons. The molecule has 1 atom stereocenters. The van der Waals surface area contributed by atoms with E-state index in [4.69, 9.17) is 10.5 Å². The van der Waals surface area contributed by atoms with E-state index in [1.165, 1.54) is 0 Å². The molecule has 1 heterocycles. The van der Waals surface area contributed by atoms with Crippen LogP contribution in [0.1, 0.15) is 39.3 Å². The summed E-state index contributed by atoms with van der Waals surface area (Å²) in [5.74, 6) is 1.11. The Morgan fingerprint density at radius 3 is 2.53 bits per heavy atom. The molecule has 0 fully saturated rings. The summed E-state index contributed by atoms with van der Waals surface area (Å²) >= 11 is 0. The number of amides is 1. The highest BCUT2D eigenvalue weighted by Crippen LogP contribution is 2.36. The lowest BCUT2D eigenvalue weighted by atomic mass is 9.96. The van der Waals surface area contributed by atoms with Crippen LogP contribution in [0.5, 0.6) is 5.75 Å². The Bertz CT molecular complexity index is 483. The number of rotatable bonds is 3. The number of fused-ring (bicyclic) bond motifs is 1. The number of nitrogens with zero attached hydrogens (tertiary/aromatic N) is 1. The predicted molar refractivity (Wildman–Crippen MR) is 76.3 cm³/mol. The first kappa shape index (κ1) is 13.9. The van der Waals surface area contributed by atoms with E-state index in [0.29, 0.717) is 5.92 Å². The molecule has 1 aromatic carbocycles. The zero-order valence-electron chi connectivity index (χ0n) is 12.0. The molecule has 1 unspecified atom stereocenters. The molecule has 1 aromatic rings. The molecule has 1 amide bonds. The van der Waals surface area contributed by atoms with Crippen molar-refractivity contribution in [3.63, 3.8) is 0 Å². The van der Waals surface area contributed by atoms with Crippen molar-refractivity contribution in [2.45, 2.75) is 39.8 Å². The quantitative estimate of drug-likeness (QED) is 0.910. The van der Waals surface area contributed by atoms with Crippen LogP contribution in [0.25, 0.3) is 0 Å². The Morgan fingerprint density at radius 1 is 1.26 bits per heavy atom. The Hall–Kier alpha value is -1.55. The number of benzene rings is 1. The van der Waals surface area contributed by atoms with Gasteiger partial charge in [0.2, 0.25) is 0 Å². The van der Waals surface area contributed by atoms with Crippen LogP contribution in [0.4, 0.5) is 5.69 Å². The first-order valence-corrected chi connectivity index (χ1v) is 6.76. The van der Waals surface area contributed by atoms with Gasteiger partial charge in [0.05, 0.1) is 5.69 Å². The lowest BCUT2D eigenvalue weighted by Crippen LogP contribution is -2.43. The SMILES string of the molecule is CC(C)C(N)c1ccc2c(c1)N(C(C)C)C(=O)CO2. The van der Waals surface area contributed by atoms with E-state index < -0.39 is 0 Å². The average Bonchev–Trinajstić information content (AvgIpc) is 2.36. The van der Waals surface area contributed by atoms with E-state index >= 15 is 0 Å². The molecule has 0 bridgehead atoms. The van der Waals surface area contributed by atoms with Gasteiger partial charge in [-0.1, -0.05) is 19.9 Å². The second-order valence-electron chi connectivity index (χ2n) is 5.64. The number of anilines is 1. The maximum Gasteiger partial charge on any atom is 0.265 e. The molecule has 0 aromatic heterocycles. The fourth-order valence-corrected chi connectivity index (χ4v) is 2.35. The van der Waals surface area contributed by atoms with Gasteiger partial charge in [-0.25, -0.2) is 0 Å². The fraction of sp³-hybridized carbons (Fsp3) is 0.533. The number of hydrogen-bond acceptors (Lipinski definition) is 3. The van der Waals surface area contributed by atoms with E-state index in [0.717, 1.165) is 17.0 Å². The molecule has 0 saturated carbocycles. The van der Waals surface area contributed by atoms with Crippen LogP contribution in [0.15, 0.2) is 18.2 Å². The third-order valence-electron chi connectivity index (χ3n) is 3.48. The number of carbonyl (C=O) groups excluding carboxylic acids is 1. The van der Waals surface area contributed by atoms with Gasteiger partial charge < -0.3 is 15.4 Å². The van der Waals surface area contributed by atoms with E-state index in [1.807, 2.05) is 32.0 Å². The van der Waals surface area contributed by atoms with Gasteiger partial charge in [0.1, 0.15) is 5.75 Å². The topological polar surface area (TPSA) is 55.6 Å². The zero-order valence-corrected chi connectivity index (χ0v) is 12.0. The molecule has 19 heavy (non-hydrogen) atoms. The van der Waals surface area contributed by atoms with Crippen LogP contribution in [0.3, 0.4) is 0 Å². The van der Waals surface area contributed by atoms with Gasteiger partial charge in [-0.3, -0.25) is 4.79 Å². The molecule has 2 rings (SSSR count). The van der Waals surface area contributed by atoms with Crippen molar-refractivity contribution in [1.82, 2.24) is 0 Å². The zero-order chi connectivity index (χ0) is 14.2. The fourth-order valence-electron chi connectivity index (χ4n) is 2.35. The Kier molecular flexibility index (Phi) is 3.80. The highest BCUT2D eigenvalue weighted by Gasteiger charge is 2.28. The van der Waals surface area contributed by atoms with Crippen LogP contribution >= 0.6 is 0 Å². The summed E-state index contributed by atoms with van der Waals surface area (Å²) in [5.41, 5.74) is 8.06. The summed E-state index contributed by atoms with van der Waals surface area (Å²) in [4.78, 5) is 13.8. The molecule has 2 N–H and O–H groups in total. The number of ether oxygens (including phenoxy) is 1. The normalized spacial score (nSPS) is 16.6. The van der Waals surface area contributed by atoms with Gasteiger partial charge in [0.15, 0.2) is 6.61 Å². The van der Waals surface area contributed by atoms with E-state index in [-0.39, 0.29) is 24.6 Å². The van der Waals surface area contributed by atoms with Gasteiger partial charge in [-0.15, -0.1) is 0 Å². The van der Waals surface area contributed by atoms with E-state index in [1.54, 1.807) is 4.90 Å². The maximum absolute atomic E-state index is 12.0. The van der Waals surface area contributed by atoms with Crippen molar-refractivity contribution in [3.8, 4) is 5.75 Å². The third kappa shape index (κ3) is 2.59. The van der Waals surface area contributed by atoms with Crippen molar-refractivity contribution >= 4 is 11.6 Å². The number of hydrogen-bond donors (Lipinski definition) is 1. The van der Waals surface area contributed by atoms with E-state index in [9.17, 15) is 4.79 Å². The van der Waals surface area contributed by atoms with Crippen LogP contribution in [0, 0.1) is 5.92 Å². The second kappa shape index (κ2) is 5.21. The molecule has 0 saturated heterocycles. The molecule has 4 nitrogen and oxygen atoms in total. The Morgan fingerprint density at radius 2 is 1.95 bits per heavy atom. The van der Waals surface area contributed by atoms with Crippen molar-refractivity contribution in [1.29, 1.82) is 0 Å². The van der Waals surface area contributed by atoms with Gasteiger partial charge in [-0.05, 0) is 37.5 Å². The van der Waals surface area contributed by atoms with Gasteiger partial charge in [0, 0.05) is 12.1 Å². The lowest BCUT2D eigenvalue weighted by molar-refractivity contribution is -0.121. The molecular formula is C15H22N2O2. The highest BCUT2D eigenvalue weighted by molar-refractivity contribution is 5.98. The first-order chi connectivity index (χ1) is 8.91. The van der Waals surface area contributed by atoms with Crippen LogP contribution < -0.4 is 15.4 Å². The van der Waals surface area contributed by atoms with Gasteiger partial charge >= 0.3 is 0 Å². The van der Waals surface area contributed by atoms with Gasteiger partial charge in [0.25, 0.3) is 5.91 Å². The van der Waals surface area contributed by atoms with Crippen molar-refractivity contribution in [3.05, 3.63) is 23.8 Å². The second-order valence-corrected chi connectivity index (χ2v) is 5.64. The van der Waals surface area contributed by atoms with Crippen LogP contribution in [0.2, 0.25) is 0 Å². The molecule has 0 spiro atoms. The van der Waals surface area contributed by atoms with Crippen molar-refractivity contribution in [2.75, 3.05) is 11.5 Å². The number of carbonyl (C=O) groups is 1. The standard InChI is InChI=1S/C15H22N2O2/c1-9(2)15(16)11-5-6-13-12(7-11)17(10(3)4)14(18)8-19-13/h5-7,9-10,15H,8,16H2,1-4H3. The molecule has 0 aliphatic carbocycles. The van der Waals surface area contributed by atoms with Crippen molar-refractivity contribution < 1.29 is 9.53 Å². The summed E-state index contributed by atoms with van der Waals surface area (Å²) in [6, 6.07) is 5.96. The third-order valence-corrected chi connectivity index (χ3v) is 3.48. The maximum atomic E-state index is 12.0.